The Labute approximate surface area is 122 Å². The van der Waals surface area contributed by atoms with Gasteiger partial charge in [0, 0.05) is 31.4 Å². The second-order valence-electron chi connectivity index (χ2n) is 4.95. The molecule has 0 bridgehead atoms. The van der Waals surface area contributed by atoms with Crippen LogP contribution >= 0.6 is 22.6 Å². The normalized spacial score (nSPS) is 22.3. The Morgan fingerprint density at radius 1 is 1.56 bits per heavy atom. The van der Waals surface area contributed by atoms with Gasteiger partial charge in [-0.25, -0.2) is 12.7 Å². The number of nitrogens with zero attached hydrogens (tertiary/aromatic N) is 3. The summed E-state index contributed by atoms with van der Waals surface area (Å²) in [5.74, 6) is 0.364. The lowest BCUT2D eigenvalue weighted by atomic mass is 10.00. The fourth-order valence-electron chi connectivity index (χ4n) is 2.33. The van der Waals surface area contributed by atoms with Crippen molar-refractivity contribution in [3.63, 3.8) is 0 Å². The van der Waals surface area contributed by atoms with Crippen LogP contribution in [0.4, 0.5) is 0 Å². The van der Waals surface area contributed by atoms with Gasteiger partial charge in [-0.05, 0) is 48.3 Å². The van der Waals surface area contributed by atoms with Gasteiger partial charge in [-0.15, -0.1) is 0 Å². The van der Waals surface area contributed by atoms with E-state index in [0.29, 0.717) is 19.0 Å². The molecule has 1 unspecified atom stereocenters. The van der Waals surface area contributed by atoms with E-state index in [9.17, 15) is 8.42 Å². The van der Waals surface area contributed by atoms with Crippen molar-refractivity contribution < 1.29 is 8.42 Å². The first kappa shape index (κ1) is 14.3. The van der Waals surface area contributed by atoms with E-state index in [2.05, 4.69) is 27.7 Å². The molecular formula is C11H18IN3O2S. The summed E-state index contributed by atoms with van der Waals surface area (Å²) in [6.07, 6.45) is 5.33. The second kappa shape index (κ2) is 5.46. The van der Waals surface area contributed by atoms with Gasteiger partial charge in [0.2, 0.25) is 10.0 Å². The van der Waals surface area contributed by atoms with Crippen LogP contribution in [0.25, 0.3) is 0 Å². The molecule has 2 rings (SSSR count). The third-order valence-electron chi connectivity index (χ3n) is 3.28. The fourth-order valence-corrected chi connectivity index (χ4v) is 3.69. The van der Waals surface area contributed by atoms with E-state index < -0.39 is 10.0 Å². The predicted molar refractivity (Wildman–Crippen MR) is 78.8 cm³/mol. The first-order valence-corrected chi connectivity index (χ1v) is 8.93. The monoisotopic (exact) mass is 383 g/mol. The minimum Gasteiger partial charge on any atom is -0.271 e. The van der Waals surface area contributed by atoms with Gasteiger partial charge in [0.15, 0.2) is 0 Å². The van der Waals surface area contributed by atoms with E-state index in [1.54, 1.807) is 4.31 Å². The molecule has 0 saturated carbocycles. The maximum atomic E-state index is 11.5. The van der Waals surface area contributed by atoms with Gasteiger partial charge in [-0.3, -0.25) is 4.68 Å². The molecule has 1 aromatic heterocycles. The van der Waals surface area contributed by atoms with Crippen LogP contribution in [0.2, 0.25) is 0 Å². The molecule has 1 aromatic rings. The number of aromatic nitrogens is 2. The summed E-state index contributed by atoms with van der Waals surface area (Å²) in [4.78, 5) is 0. The molecule has 0 radical (unpaired) electrons. The van der Waals surface area contributed by atoms with Crippen molar-refractivity contribution >= 4 is 32.6 Å². The Hall–Kier alpha value is -0.150. The molecule has 0 aromatic carbocycles. The lowest BCUT2D eigenvalue weighted by molar-refractivity contribution is 0.240. The zero-order valence-corrected chi connectivity index (χ0v) is 13.6. The molecule has 0 aliphatic carbocycles. The molecule has 5 nitrogen and oxygen atoms in total. The molecular weight excluding hydrogens is 365 g/mol. The fraction of sp³-hybridized carbons (Fsp3) is 0.727. The summed E-state index contributed by atoms with van der Waals surface area (Å²) in [6, 6.07) is 0. The van der Waals surface area contributed by atoms with E-state index in [1.165, 1.54) is 11.8 Å². The molecule has 7 heteroatoms. The average molecular weight is 383 g/mol. The Balaban J connectivity index is 2.02. The zero-order chi connectivity index (χ0) is 13.3. The number of sulfonamides is 1. The minimum atomic E-state index is -3.05. The van der Waals surface area contributed by atoms with Crippen molar-refractivity contribution in [3.8, 4) is 0 Å². The van der Waals surface area contributed by atoms with E-state index in [4.69, 9.17) is 0 Å². The molecule has 0 spiro atoms. The SMILES string of the molecule is Cc1cn(CC2CCCN(S(C)(=O)=O)C2)nc1I. The minimum absolute atomic E-state index is 0.364. The molecule has 1 saturated heterocycles. The first-order valence-electron chi connectivity index (χ1n) is 6.01. The quantitative estimate of drug-likeness (QED) is 0.743. The molecule has 1 atom stereocenters. The van der Waals surface area contributed by atoms with Crippen LogP contribution in [0, 0.1) is 16.5 Å². The molecule has 18 heavy (non-hydrogen) atoms. The third kappa shape index (κ3) is 3.45. The Kier molecular flexibility index (Phi) is 4.32. The summed E-state index contributed by atoms with van der Waals surface area (Å²) in [7, 11) is -3.05. The molecule has 1 aliphatic rings. The maximum absolute atomic E-state index is 11.5. The molecule has 1 fully saturated rings. The topological polar surface area (TPSA) is 55.2 Å². The first-order chi connectivity index (χ1) is 8.36. The number of hydrogen-bond donors (Lipinski definition) is 0. The predicted octanol–water partition coefficient (Wildman–Crippen LogP) is 1.47. The van der Waals surface area contributed by atoms with Crippen molar-refractivity contribution in [1.82, 2.24) is 14.1 Å². The highest BCUT2D eigenvalue weighted by Gasteiger charge is 2.26. The summed E-state index contributed by atoms with van der Waals surface area (Å²) < 4.78 is 27.6. The smallest absolute Gasteiger partial charge is 0.211 e. The highest BCUT2D eigenvalue weighted by Crippen LogP contribution is 2.20. The molecule has 0 N–H and O–H groups in total. The Morgan fingerprint density at radius 2 is 2.28 bits per heavy atom. The average Bonchev–Trinajstić information content (AvgIpc) is 2.57. The van der Waals surface area contributed by atoms with Crippen LogP contribution < -0.4 is 0 Å². The standard InChI is InChI=1S/C11H18IN3O2S/c1-9-6-14(13-11(9)12)7-10-4-3-5-15(8-10)18(2,16)17/h6,10H,3-5,7-8H2,1-2H3. The van der Waals surface area contributed by atoms with Gasteiger partial charge in [-0.1, -0.05) is 0 Å². The number of aryl methyl sites for hydroxylation is 1. The van der Waals surface area contributed by atoms with Gasteiger partial charge in [0.25, 0.3) is 0 Å². The van der Waals surface area contributed by atoms with Crippen LogP contribution in [0.15, 0.2) is 6.20 Å². The van der Waals surface area contributed by atoms with Gasteiger partial charge < -0.3 is 0 Å². The van der Waals surface area contributed by atoms with Crippen LogP contribution in [0.5, 0.6) is 0 Å². The van der Waals surface area contributed by atoms with Crippen LogP contribution in [-0.4, -0.2) is 41.8 Å². The largest absolute Gasteiger partial charge is 0.271 e. The number of rotatable bonds is 3. The van der Waals surface area contributed by atoms with Crippen LogP contribution in [-0.2, 0) is 16.6 Å². The number of piperidine rings is 1. The van der Waals surface area contributed by atoms with E-state index >= 15 is 0 Å². The van der Waals surface area contributed by atoms with Crippen molar-refractivity contribution in [3.05, 3.63) is 15.5 Å². The van der Waals surface area contributed by atoms with E-state index in [0.717, 1.165) is 23.1 Å². The van der Waals surface area contributed by atoms with Crippen molar-refractivity contribution in [2.45, 2.75) is 26.3 Å². The van der Waals surface area contributed by atoms with Gasteiger partial charge in [0.1, 0.15) is 3.70 Å². The number of hydrogen-bond acceptors (Lipinski definition) is 3. The molecule has 1 aliphatic heterocycles. The summed E-state index contributed by atoms with van der Waals surface area (Å²) in [6.45, 7) is 4.12. The lowest BCUT2D eigenvalue weighted by Crippen LogP contribution is -2.40. The highest BCUT2D eigenvalue weighted by molar-refractivity contribution is 14.1. The van der Waals surface area contributed by atoms with E-state index in [1.807, 2.05) is 17.8 Å². The third-order valence-corrected chi connectivity index (χ3v) is 5.62. The summed E-state index contributed by atoms with van der Waals surface area (Å²) in [5, 5.41) is 4.43. The zero-order valence-electron chi connectivity index (χ0n) is 10.6. The molecule has 102 valence electrons. The van der Waals surface area contributed by atoms with Gasteiger partial charge in [-0.2, -0.15) is 5.10 Å². The Morgan fingerprint density at radius 3 is 2.83 bits per heavy atom. The van der Waals surface area contributed by atoms with Crippen molar-refractivity contribution in [2.24, 2.45) is 5.92 Å². The summed E-state index contributed by atoms with van der Waals surface area (Å²) >= 11 is 2.22. The Bertz CT molecular complexity index is 507. The van der Waals surface area contributed by atoms with Crippen molar-refractivity contribution in [2.75, 3.05) is 19.3 Å². The second-order valence-corrected chi connectivity index (χ2v) is 7.96. The number of halogens is 1. The molecule has 2 heterocycles. The lowest BCUT2D eigenvalue weighted by Gasteiger charge is -2.30. The van der Waals surface area contributed by atoms with Crippen LogP contribution in [0.1, 0.15) is 18.4 Å². The summed E-state index contributed by atoms with van der Waals surface area (Å²) in [5.41, 5.74) is 1.17. The molecule has 0 amide bonds. The van der Waals surface area contributed by atoms with Crippen LogP contribution in [0.3, 0.4) is 0 Å². The highest BCUT2D eigenvalue weighted by atomic mass is 127. The van der Waals surface area contributed by atoms with E-state index in [-0.39, 0.29) is 0 Å². The maximum Gasteiger partial charge on any atom is 0.211 e. The van der Waals surface area contributed by atoms with Crippen molar-refractivity contribution in [1.29, 1.82) is 0 Å². The van der Waals surface area contributed by atoms with Gasteiger partial charge in [0.05, 0.1) is 6.26 Å². The van der Waals surface area contributed by atoms with Gasteiger partial charge >= 0.3 is 0 Å².